The third-order valence-corrected chi connectivity index (χ3v) is 4.14. The second-order valence-corrected chi connectivity index (χ2v) is 6.70. The Bertz CT molecular complexity index is 329. The molecule has 0 heterocycles. The van der Waals surface area contributed by atoms with Crippen LogP contribution in [0, 0.1) is 0 Å². The molecule has 18 heavy (non-hydrogen) atoms. The molecule has 0 unspecified atom stereocenters. The van der Waals surface area contributed by atoms with Gasteiger partial charge in [0.25, 0.3) is 0 Å². The number of sulfonamides is 1. The predicted octanol–water partition coefficient (Wildman–Crippen LogP) is 1.59. The third-order valence-electron chi connectivity index (χ3n) is 2.26. The van der Waals surface area contributed by atoms with Gasteiger partial charge in [0.2, 0.25) is 10.0 Å². The summed E-state index contributed by atoms with van der Waals surface area (Å²) in [6.45, 7) is 3.16. The maximum Gasteiger partial charge on any atom is 0.402 e. The second-order valence-electron chi connectivity index (χ2n) is 4.50. The van der Waals surface area contributed by atoms with Gasteiger partial charge in [-0.05, 0) is 19.4 Å². The molecule has 0 aliphatic rings. The number of hydrogen-bond acceptors (Lipinski definition) is 3. The molecule has 4 nitrogen and oxygen atoms in total. The van der Waals surface area contributed by atoms with Crippen LogP contribution >= 0.6 is 0 Å². The van der Waals surface area contributed by atoms with Gasteiger partial charge in [0, 0.05) is 13.1 Å². The monoisotopic (exact) mass is 290 g/mol. The van der Waals surface area contributed by atoms with E-state index < -0.39 is 22.7 Å². The lowest BCUT2D eigenvalue weighted by Gasteiger charge is -2.18. The molecule has 8 heteroatoms. The highest BCUT2D eigenvalue weighted by Gasteiger charge is 2.33. The molecular weight excluding hydrogens is 269 g/mol. The van der Waals surface area contributed by atoms with Crippen molar-refractivity contribution in [3.05, 3.63) is 0 Å². The second kappa shape index (κ2) is 7.30. The highest BCUT2D eigenvalue weighted by atomic mass is 32.2. The molecule has 0 radical (unpaired) electrons. The molecule has 0 aromatic carbocycles. The van der Waals surface area contributed by atoms with Gasteiger partial charge in [-0.15, -0.1) is 0 Å². The van der Waals surface area contributed by atoms with E-state index in [1.165, 1.54) is 0 Å². The molecule has 110 valence electrons. The van der Waals surface area contributed by atoms with Crippen LogP contribution in [0.1, 0.15) is 26.7 Å². The average molecular weight is 290 g/mol. The van der Waals surface area contributed by atoms with Gasteiger partial charge >= 0.3 is 6.18 Å². The van der Waals surface area contributed by atoms with Crippen molar-refractivity contribution in [2.75, 3.05) is 25.9 Å². The Labute approximate surface area is 107 Å². The largest absolute Gasteiger partial charge is 0.402 e. The third kappa shape index (κ3) is 8.71. The molecule has 1 N–H and O–H groups in total. The van der Waals surface area contributed by atoms with Gasteiger partial charge in [0.1, 0.15) is 6.54 Å². The van der Waals surface area contributed by atoms with E-state index in [0.29, 0.717) is 29.7 Å². The topological polar surface area (TPSA) is 49.4 Å². The van der Waals surface area contributed by atoms with Gasteiger partial charge in [-0.25, -0.2) is 8.42 Å². The van der Waals surface area contributed by atoms with Crippen molar-refractivity contribution in [3.63, 3.8) is 0 Å². The molecule has 0 aliphatic carbocycles. The summed E-state index contributed by atoms with van der Waals surface area (Å²) in [5.74, 6) is -0.251. The van der Waals surface area contributed by atoms with Crippen molar-refractivity contribution in [2.24, 2.45) is 0 Å². The van der Waals surface area contributed by atoms with Crippen LogP contribution in [0.4, 0.5) is 13.2 Å². The first kappa shape index (κ1) is 17.7. The van der Waals surface area contributed by atoms with Gasteiger partial charge in [-0.2, -0.15) is 17.5 Å². The SMILES string of the molecule is CC(C)NCCCCS(=O)(=O)N(C)CC(F)(F)F. The van der Waals surface area contributed by atoms with Crippen LogP contribution in [0.5, 0.6) is 0 Å². The molecule has 0 bridgehead atoms. The number of nitrogens with zero attached hydrogens (tertiary/aromatic N) is 1. The summed E-state index contributed by atoms with van der Waals surface area (Å²) in [6, 6.07) is 0.314. The zero-order valence-corrected chi connectivity index (χ0v) is 11.7. The molecule has 0 aliphatic heterocycles. The van der Waals surface area contributed by atoms with Gasteiger partial charge in [-0.1, -0.05) is 13.8 Å². The number of halogens is 3. The summed E-state index contributed by atoms with van der Waals surface area (Å²) in [5.41, 5.74) is 0. The van der Waals surface area contributed by atoms with Crippen LogP contribution in [0.15, 0.2) is 0 Å². The standard InChI is InChI=1S/C10H21F3N2O2S/c1-9(2)14-6-4-5-7-18(16,17)15(3)8-10(11,12)13/h9,14H,4-8H2,1-3H3. The smallest absolute Gasteiger partial charge is 0.315 e. The normalized spacial score (nSPS) is 13.6. The highest BCUT2D eigenvalue weighted by molar-refractivity contribution is 7.89. The Hall–Kier alpha value is -0.340. The Morgan fingerprint density at radius 3 is 2.22 bits per heavy atom. The van der Waals surface area contributed by atoms with Crippen LogP contribution in [0.3, 0.4) is 0 Å². The maximum atomic E-state index is 12.1. The Kier molecular flexibility index (Phi) is 7.16. The molecule has 0 spiro atoms. The Morgan fingerprint density at radius 1 is 1.22 bits per heavy atom. The minimum atomic E-state index is -4.50. The van der Waals surface area contributed by atoms with Crippen molar-refractivity contribution < 1.29 is 21.6 Å². The van der Waals surface area contributed by atoms with Crippen molar-refractivity contribution in [3.8, 4) is 0 Å². The maximum absolute atomic E-state index is 12.1. The van der Waals surface area contributed by atoms with Crippen LogP contribution in [-0.4, -0.2) is 50.8 Å². The van der Waals surface area contributed by atoms with E-state index in [9.17, 15) is 21.6 Å². The molecule has 0 saturated heterocycles. The van der Waals surface area contributed by atoms with E-state index in [4.69, 9.17) is 0 Å². The molecular formula is C10H21F3N2O2S. The van der Waals surface area contributed by atoms with E-state index in [-0.39, 0.29) is 5.75 Å². The summed E-state index contributed by atoms with van der Waals surface area (Å²) in [7, 11) is -2.86. The fourth-order valence-corrected chi connectivity index (χ4v) is 2.53. The van der Waals surface area contributed by atoms with Crippen molar-refractivity contribution in [1.82, 2.24) is 9.62 Å². The lowest BCUT2D eigenvalue weighted by atomic mass is 10.3. The summed E-state index contributed by atoms with van der Waals surface area (Å²) >= 11 is 0. The molecule has 0 aromatic rings. The number of nitrogens with one attached hydrogen (secondary N) is 1. The molecule has 0 aromatic heterocycles. The molecule has 0 atom stereocenters. The Morgan fingerprint density at radius 2 is 1.78 bits per heavy atom. The minimum Gasteiger partial charge on any atom is -0.315 e. The quantitative estimate of drug-likeness (QED) is 0.691. The number of hydrogen-bond donors (Lipinski definition) is 1. The summed E-state index contributed by atoms with van der Waals surface area (Å²) < 4.78 is 59.5. The molecule has 0 fully saturated rings. The van der Waals surface area contributed by atoms with Crippen LogP contribution in [0.25, 0.3) is 0 Å². The fourth-order valence-electron chi connectivity index (χ4n) is 1.31. The number of alkyl halides is 3. The van der Waals surface area contributed by atoms with Crippen molar-refractivity contribution in [2.45, 2.75) is 38.9 Å². The minimum absolute atomic E-state index is 0.251. The van der Waals surface area contributed by atoms with E-state index >= 15 is 0 Å². The van der Waals surface area contributed by atoms with Crippen LogP contribution in [-0.2, 0) is 10.0 Å². The summed E-state index contributed by atoms with van der Waals surface area (Å²) in [4.78, 5) is 0. The van der Waals surface area contributed by atoms with Crippen LogP contribution in [0.2, 0.25) is 0 Å². The predicted molar refractivity (Wildman–Crippen MR) is 64.8 cm³/mol. The first-order valence-electron chi connectivity index (χ1n) is 5.79. The van der Waals surface area contributed by atoms with Gasteiger partial charge in [-0.3, -0.25) is 0 Å². The lowest BCUT2D eigenvalue weighted by molar-refractivity contribution is -0.134. The zero-order chi connectivity index (χ0) is 14.4. The van der Waals surface area contributed by atoms with E-state index in [2.05, 4.69) is 5.32 Å². The number of rotatable bonds is 8. The van der Waals surface area contributed by atoms with Crippen LogP contribution < -0.4 is 5.32 Å². The first-order chi connectivity index (χ1) is 8.04. The molecule has 0 rings (SSSR count). The van der Waals surface area contributed by atoms with Gasteiger partial charge in [0.05, 0.1) is 5.75 Å². The van der Waals surface area contributed by atoms with E-state index in [0.717, 1.165) is 7.05 Å². The average Bonchev–Trinajstić information content (AvgIpc) is 2.13. The Balaban J connectivity index is 4.01. The van der Waals surface area contributed by atoms with Gasteiger partial charge < -0.3 is 5.32 Å². The lowest BCUT2D eigenvalue weighted by Crippen LogP contribution is -2.37. The first-order valence-corrected chi connectivity index (χ1v) is 7.39. The highest BCUT2D eigenvalue weighted by Crippen LogP contribution is 2.17. The zero-order valence-electron chi connectivity index (χ0n) is 10.9. The number of unbranched alkanes of at least 4 members (excludes halogenated alkanes) is 1. The summed E-state index contributed by atoms with van der Waals surface area (Å²) in [6.07, 6.45) is -3.53. The van der Waals surface area contributed by atoms with Gasteiger partial charge in [0.15, 0.2) is 0 Å². The fraction of sp³-hybridized carbons (Fsp3) is 1.00. The molecule has 0 amide bonds. The van der Waals surface area contributed by atoms with E-state index in [1.807, 2.05) is 13.8 Å². The van der Waals surface area contributed by atoms with Crippen molar-refractivity contribution >= 4 is 10.0 Å². The van der Waals surface area contributed by atoms with E-state index in [1.54, 1.807) is 0 Å². The van der Waals surface area contributed by atoms with Crippen molar-refractivity contribution in [1.29, 1.82) is 0 Å². The summed E-state index contributed by atoms with van der Waals surface area (Å²) in [5, 5.41) is 3.11. The molecule has 0 saturated carbocycles.